The highest BCUT2D eigenvalue weighted by Gasteiger charge is 2.49. The van der Waals surface area contributed by atoms with Crippen molar-refractivity contribution in [1.82, 2.24) is 9.55 Å². The van der Waals surface area contributed by atoms with E-state index in [0.29, 0.717) is 0 Å². The molecule has 1 aromatic rings. The highest BCUT2D eigenvalue weighted by molar-refractivity contribution is 7.66. The standard InChI is InChI=1S/C13H19N2O13P3/c1-3-13(7-26-30(22,23)28-31(24,25)27-29(19,20)21)5-9(4-10(13)16)15-6-8(2)11(17)14-12(15)18/h1,6,9-10,16H,4-5,7H2,2H3,(H,22,23)(H,24,25)(H,14,17,18)(H2,19,20,21)/t9-,10-,13+/m1/s1. The van der Waals surface area contributed by atoms with E-state index in [9.17, 15) is 38.2 Å². The third-order valence-electron chi connectivity index (χ3n) is 4.46. The number of hydrogen-bond donors (Lipinski definition) is 6. The fraction of sp³-hybridized carbons (Fsp3) is 0.538. The van der Waals surface area contributed by atoms with Gasteiger partial charge in [0.2, 0.25) is 0 Å². The molecule has 15 nitrogen and oxygen atoms in total. The summed E-state index contributed by atoms with van der Waals surface area (Å²) in [6.45, 7) is 0.548. The summed E-state index contributed by atoms with van der Waals surface area (Å²) in [5, 5.41) is 10.4. The number of hydrogen-bond acceptors (Lipinski definition) is 9. The van der Waals surface area contributed by atoms with Crippen molar-refractivity contribution in [1.29, 1.82) is 0 Å². The number of H-pyrrole nitrogens is 1. The molecule has 1 aliphatic rings. The number of phosphoric acid groups is 3. The van der Waals surface area contributed by atoms with Crippen molar-refractivity contribution in [2.75, 3.05) is 6.61 Å². The molecule has 0 bridgehead atoms. The number of aliphatic hydroxyl groups is 1. The lowest BCUT2D eigenvalue weighted by atomic mass is 9.86. The van der Waals surface area contributed by atoms with Crippen LogP contribution in [-0.4, -0.2) is 46.9 Å². The van der Waals surface area contributed by atoms with E-state index >= 15 is 0 Å². The minimum Gasteiger partial charge on any atom is -0.391 e. The van der Waals surface area contributed by atoms with E-state index < -0.39 is 58.9 Å². The highest BCUT2D eigenvalue weighted by Crippen LogP contribution is 2.66. The van der Waals surface area contributed by atoms with Crippen molar-refractivity contribution in [2.24, 2.45) is 5.41 Å². The third-order valence-corrected chi connectivity index (χ3v) is 8.24. The van der Waals surface area contributed by atoms with Crippen molar-refractivity contribution in [3.05, 3.63) is 32.6 Å². The Morgan fingerprint density at radius 1 is 1.23 bits per heavy atom. The number of aromatic nitrogens is 2. The Kier molecular flexibility index (Phi) is 7.39. The number of aromatic amines is 1. The molecule has 1 fully saturated rings. The lowest BCUT2D eigenvalue weighted by Crippen LogP contribution is -2.34. The number of aryl methyl sites for hydroxylation is 1. The largest absolute Gasteiger partial charge is 0.490 e. The van der Waals surface area contributed by atoms with Gasteiger partial charge in [-0.05, 0) is 19.8 Å². The Labute approximate surface area is 174 Å². The van der Waals surface area contributed by atoms with Crippen molar-refractivity contribution >= 4 is 23.5 Å². The number of nitrogens with zero attached hydrogens (tertiary/aromatic N) is 1. The molecule has 1 heterocycles. The summed E-state index contributed by atoms with van der Waals surface area (Å²) in [6.07, 6.45) is 5.08. The molecule has 1 saturated carbocycles. The summed E-state index contributed by atoms with van der Waals surface area (Å²) < 4.78 is 46.9. The van der Waals surface area contributed by atoms with Gasteiger partial charge in [0.25, 0.3) is 5.56 Å². The molecule has 0 saturated heterocycles. The molecular weight excluding hydrogens is 485 g/mol. The van der Waals surface area contributed by atoms with E-state index in [2.05, 4.69) is 24.0 Å². The molecule has 0 radical (unpaired) electrons. The van der Waals surface area contributed by atoms with Gasteiger partial charge in [-0.2, -0.15) is 8.62 Å². The van der Waals surface area contributed by atoms with Crippen molar-refractivity contribution in [2.45, 2.75) is 31.9 Å². The summed E-state index contributed by atoms with van der Waals surface area (Å²) in [7, 11) is -16.7. The zero-order valence-corrected chi connectivity index (χ0v) is 18.4. The zero-order valence-electron chi connectivity index (χ0n) is 15.7. The minimum atomic E-state index is -5.71. The van der Waals surface area contributed by atoms with Gasteiger partial charge in [0, 0.05) is 17.8 Å². The van der Waals surface area contributed by atoms with E-state index in [1.54, 1.807) is 0 Å². The van der Waals surface area contributed by atoms with Gasteiger partial charge in [0.1, 0.15) is 0 Å². The van der Waals surface area contributed by atoms with E-state index in [1.807, 2.05) is 0 Å². The minimum absolute atomic E-state index is 0.102. The average Bonchev–Trinajstić information content (AvgIpc) is 2.90. The predicted molar refractivity (Wildman–Crippen MR) is 101 cm³/mol. The molecule has 31 heavy (non-hydrogen) atoms. The van der Waals surface area contributed by atoms with Crippen molar-refractivity contribution in [3.63, 3.8) is 0 Å². The first-order valence-electron chi connectivity index (χ1n) is 8.25. The Balaban J connectivity index is 2.19. The van der Waals surface area contributed by atoms with Gasteiger partial charge in [0.05, 0.1) is 18.1 Å². The van der Waals surface area contributed by atoms with Crippen LogP contribution in [0.4, 0.5) is 0 Å². The quantitative estimate of drug-likeness (QED) is 0.194. The van der Waals surface area contributed by atoms with Gasteiger partial charge in [-0.3, -0.25) is 18.9 Å². The van der Waals surface area contributed by atoms with Crippen LogP contribution in [0.2, 0.25) is 0 Å². The van der Waals surface area contributed by atoms with Crippen LogP contribution in [0, 0.1) is 24.7 Å². The topological polar surface area (TPSA) is 235 Å². The van der Waals surface area contributed by atoms with Crippen LogP contribution in [0.5, 0.6) is 0 Å². The first-order valence-corrected chi connectivity index (χ1v) is 12.8. The van der Waals surface area contributed by atoms with E-state index in [-0.39, 0.29) is 18.4 Å². The van der Waals surface area contributed by atoms with Gasteiger partial charge in [0.15, 0.2) is 0 Å². The molecule has 5 atom stereocenters. The van der Waals surface area contributed by atoms with E-state index in [0.717, 1.165) is 4.57 Å². The second-order valence-corrected chi connectivity index (χ2v) is 11.2. The molecule has 0 aliphatic heterocycles. The number of terminal acetylenes is 1. The van der Waals surface area contributed by atoms with Crippen LogP contribution in [0.15, 0.2) is 15.8 Å². The van der Waals surface area contributed by atoms with E-state index in [1.165, 1.54) is 13.1 Å². The maximum Gasteiger partial charge on any atom is 0.490 e. The van der Waals surface area contributed by atoms with Crippen LogP contribution < -0.4 is 11.2 Å². The van der Waals surface area contributed by atoms with Crippen LogP contribution in [-0.2, 0) is 26.8 Å². The molecule has 2 unspecified atom stereocenters. The van der Waals surface area contributed by atoms with Crippen molar-refractivity contribution < 1.29 is 51.5 Å². The SMILES string of the molecule is C#C[C@@]1(COP(=O)(O)OP(=O)(O)OP(=O)(O)O)C[C@H](n2cc(C)c(=O)[nH]c2=O)C[C@H]1O. The van der Waals surface area contributed by atoms with E-state index in [4.69, 9.17) is 16.2 Å². The second-order valence-electron chi connectivity index (χ2n) is 6.75. The molecule has 18 heteroatoms. The van der Waals surface area contributed by atoms with Crippen LogP contribution in [0.3, 0.4) is 0 Å². The Morgan fingerprint density at radius 3 is 2.39 bits per heavy atom. The maximum absolute atomic E-state index is 12.1. The normalized spacial score (nSPS) is 27.9. The summed E-state index contributed by atoms with van der Waals surface area (Å²) in [5.74, 6) is 2.21. The molecule has 174 valence electrons. The molecule has 1 aliphatic carbocycles. The summed E-state index contributed by atoms with van der Waals surface area (Å²) in [5.41, 5.74) is -2.82. The zero-order chi connectivity index (χ0) is 23.8. The maximum atomic E-state index is 12.1. The molecule has 2 rings (SSSR count). The molecule has 0 aromatic carbocycles. The first-order chi connectivity index (χ1) is 14.0. The lowest BCUT2D eigenvalue weighted by Gasteiger charge is -2.27. The van der Waals surface area contributed by atoms with Gasteiger partial charge in [-0.25, -0.2) is 18.5 Å². The molecular formula is C13H19N2O13P3. The van der Waals surface area contributed by atoms with Crippen molar-refractivity contribution in [3.8, 4) is 12.3 Å². The first kappa shape index (κ1) is 25.9. The fourth-order valence-electron chi connectivity index (χ4n) is 3.04. The monoisotopic (exact) mass is 504 g/mol. The predicted octanol–water partition coefficient (Wildman–Crippen LogP) is -0.496. The molecule has 0 spiro atoms. The molecule has 6 N–H and O–H groups in total. The number of nitrogens with one attached hydrogen (secondary N) is 1. The van der Waals surface area contributed by atoms with Gasteiger partial charge < -0.3 is 24.7 Å². The second kappa shape index (κ2) is 8.86. The number of phosphoric ester groups is 1. The summed E-state index contributed by atoms with van der Waals surface area (Å²) >= 11 is 0. The van der Waals surface area contributed by atoms with Gasteiger partial charge >= 0.3 is 29.2 Å². The van der Waals surface area contributed by atoms with Crippen LogP contribution >= 0.6 is 23.5 Å². The Hall–Kier alpha value is -1.39. The number of rotatable bonds is 8. The summed E-state index contributed by atoms with van der Waals surface area (Å²) in [6, 6.07) is -0.737. The van der Waals surface area contributed by atoms with Gasteiger partial charge in [-0.1, -0.05) is 5.92 Å². The highest BCUT2D eigenvalue weighted by atomic mass is 31.3. The smallest absolute Gasteiger partial charge is 0.391 e. The van der Waals surface area contributed by atoms with Crippen LogP contribution in [0.25, 0.3) is 0 Å². The van der Waals surface area contributed by atoms with Crippen LogP contribution in [0.1, 0.15) is 24.4 Å². The van der Waals surface area contributed by atoms with Gasteiger partial charge in [-0.15, -0.1) is 6.42 Å². The Morgan fingerprint density at radius 2 is 1.84 bits per heavy atom. The molecule has 1 aromatic heterocycles. The Bertz CT molecular complexity index is 1150. The lowest BCUT2D eigenvalue weighted by molar-refractivity contribution is 0.0443. The number of aliphatic hydroxyl groups excluding tert-OH is 1. The average molecular weight is 504 g/mol. The molecule has 0 amide bonds. The summed E-state index contributed by atoms with van der Waals surface area (Å²) in [4.78, 5) is 61.5. The third kappa shape index (κ3) is 6.55. The fourth-order valence-corrected chi connectivity index (χ4v) is 6.13.